The lowest BCUT2D eigenvalue weighted by Gasteiger charge is -2.29. The molecule has 3 aromatic rings. The van der Waals surface area contributed by atoms with Crippen LogP contribution < -0.4 is 0 Å². The molecule has 0 aliphatic heterocycles. The van der Waals surface area contributed by atoms with Crippen LogP contribution in [0.3, 0.4) is 0 Å². The van der Waals surface area contributed by atoms with E-state index in [1.165, 1.54) is 12.1 Å². The fourth-order valence-corrected chi connectivity index (χ4v) is 4.60. The summed E-state index contributed by atoms with van der Waals surface area (Å²) in [4.78, 5) is 0. The van der Waals surface area contributed by atoms with Crippen molar-refractivity contribution in [3.8, 4) is 11.8 Å². The van der Waals surface area contributed by atoms with Gasteiger partial charge in [0.1, 0.15) is 11.6 Å². The molecule has 0 saturated heterocycles. The van der Waals surface area contributed by atoms with E-state index < -0.39 is 17.5 Å². The highest BCUT2D eigenvalue weighted by atomic mass is 19.2. The van der Waals surface area contributed by atoms with Gasteiger partial charge in [0.05, 0.1) is 5.56 Å². The van der Waals surface area contributed by atoms with Gasteiger partial charge in [-0.1, -0.05) is 30.0 Å². The van der Waals surface area contributed by atoms with Crippen molar-refractivity contribution in [2.45, 2.75) is 44.4 Å². The summed E-state index contributed by atoms with van der Waals surface area (Å²) >= 11 is 0. The molecule has 0 nitrogen and oxygen atoms in total. The first-order valence-electron chi connectivity index (χ1n) is 11.0. The minimum atomic E-state index is -1.13. The number of allylic oxidation sites excluding steroid dienone is 1. The molecule has 1 saturated carbocycles. The lowest BCUT2D eigenvalue weighted by molar-refractivity contribution is 0.301. The Labute approximate surface area is 186 Å². The van der Waals surface area contributed by atoms with E-state index in [0.29, 0.717) is 29.7 Å². The van der Waals surface area contributed by atoms with Crippen LogP contribution in [0.15, 0.2) is 55.1 Å². The van der Waals surface area contributed by atoms with Crippen LogP contribution in [0, 0.1) is 41.0 Å². The number of benzene rings is 3. The van der Waals surface area contributed by atoms with E-state index in [-0.39, 0.29) is 22.9 Å². The summed E-state index contributed by atoms with van der Waals surface area (Å²) < 4.78 is 57.7. The molecule has 32 heavy (non-hydrogen) atoms. The van der Waals surface area contributed by atoms with Crippen molar-refractivity contribution in [2.75, 3.05) is 0 Å². The van der Waals surface area contributed by atoms with Gasteiger partial charge in [0.25, 0.3) is 0 Å². The van der Waals surface area contributed by atoms with Crippen LogP contribution in [-0.2, 0) is 0 Å². The molecule has 4 rings (SSSR count). The topological polar surface area (TPSA) is 0 Å². The number of hydrogen-bond acceptors (Lipinski definition) is 0. The van der Waals surface area contributed by atoms with Crippen LogP contribution in [0.1, 0.15) is 61.1 Å². The van der Waals surface area contributed by atoms with Crippen LogP contribution >= 0.6 is 0 Å². The molecule has 4 heteroatoms. The first-order valence-corrected chi connectivity index (χ1v) is 11.0. The fraction of sp³-hybridized carbons (Fsp3) is 0.286. The Morgan fingerprint density at radius 3 is 2.31 bits per heavy atom. The maximum Gasteiger partial charge on any atom is 0.174 e. The largest absolute Gasteiger partial charge is 0.207 e. The van der Waals surface area contributed by atoms with Crippen molar-refractivity contribution in [1.29, 1.82) is 0 Å². The SMILES string of the molecule is C=CCCC1CCC(c2c(F)cc(C#Cc3ccc4cc(F)ccc4c3)c(F)c2F)CC1. The highest BCUT2D eigenvalue weighted by Crippen LogP contribution is 2.40. The third kappa shape index (κ3) is 4.72. The highest BCUT2D eigenvalue weighted by Gasteiger charge is 2.29. The summed E-state index contributed by atoms with van der Waals surface area (Å²) in [6, 6.07) is 10.5. The molecule has 164 valence electrons. The normalized spacial score (nSPS) is 18.2. The third-order valence-corrected chi connectivity index (χ3v) is 6.37. The van der Waals surface area contributed by atoms with Gasteiger partial charge in [-0.2, -0.15) is 0 Å². The molecule has 0 atom stereocenters. The van der Waals surface area contributed by atoms with E-state index in [1.807, 2.05) is 6.08 Å². The Morgan fingerprint density at radius 2 is 1.56 bits per heavy atom. The first-order chi connectivity index (χ1) is 15.5. The number of fused-ring (bicyclic) bond motifs is 1. The highest BCUT2D eigenvalue weighted by molar-refractivity contribution is 5.84. The van der Waals surface area contributed by atoms with Crippen LogP contribution in [0.4, 0.5) is 17.6 Å². The average Bonchev–Trinajstić information content (AvgIpc) is 2.80. The molecule has 1 aliphatic carbocycles. The predicted molar refractivity (Wildman–Crippen MR) is 120 cm³/mol. The van der Waals surface area contributed by atoms with Gasteiger partial charge in [0, 0.05) is 11.1 Å². The lowest BCUT2D eigenvalue weighted by Crippen LogP contribution is -2.16. The van der Waals surface area contributed by atoms with Crippen molar-refractivity contribution < 1.29 is 17.6 Å². The Kier molecular flexibility index (Phi) is 6.65. The second-order valence-corrected chi connectivity index (χ2v) is 8.49. The predicted octanol–water partition coefficient (Wildman–Crippen LogP) is 8.04. The molecule has 0 amide bonds. The monoisotopic (exact) mass is 436 g/mol. The summed E-state index contributed by atoms with van der Waals surface area (Å²) in [7, 11) is 0. The smallest absolute Gasteiger partial charge is 0.174 e. The van der Waals surface area contributed by atoms with Gasteiger partial charge in [-0.15, -0.1) is 6.58 Å². The zero-order valence-electron chi connectivity index (χ0n) is 17.7. The second-order valence-electron chi connectivity index (χ2n) is 8.49. The van der Waals surface area contributed by atoms with E-state index >= 15 is 0 Å². The fourth-order valence-electron chi connectivity index (χ4n) is 4.60. The van der Waals surface area contributed by atoms with E-state index in [1.54, 1.807) is 24.3 Å². The van der Waals surface area contributed by atoms with E-state index in [9.17, 15) is 17.6 Å². The number of halogens is 4. The second kappa shape index (κ2) is 9.61. The van der Waals surface area contributed by atoms with E-state index in [0.717, 1.165) is 37.1 Å². The van der Waals surface area contributed by atoms with Gasteiger partial charge in [0.2, 0.25) is 0 Å². The van der Waals surface area contributed by atoms with Crippen molar-refractivity contribution in [1.82, 2.24) is 0 Å². The van der Waals surface area contributed by atoms with Crippen molar-refractivity contribution in [2.24, 2.45) is 5.92 Å². The van der Waals surface area contributed by atoms with Crippen LogP contribution in [0.25, 0.3) is 10.8 Å². The maximum atomic E-state index is 14.8. The maximum absolute atomic E-state index is 14.8. The van der Waals surface area contributed by atoms with Gasteiger partial charge in [0.15, 0.2) is 11.6 Å². The van der Waals surface area contributed by atoms with Gasteiger partial charge in [-0.05, 0) is 91.5 Å². The Hall–Kier alpha value is -3.06. The van der Waals surface area contributed by atoms with Crippen LogP contribution in [-0.4, -0.2) is 0 Å². The average molecular weight is 436 g/mol. The molecule has 0 N–H and O–H groups in total. The Balaban J connectivity index is 1.56. The quantitative estimate of drug-likeness (QED) is 0.168. The molecule has 0 radical (unpaired) electrons. The molecule has 3 aromatic carbocycles. The minimum Gasteiger partial charge on any atom is -0.207 e. The van der Waals surface area contributed by atoms with E-state index in [2.05, 4.69) is 18.4 Å². The summed E-state index contributed by atoms with van der Waals surface area (Å²) in [5.41, 5.74) is 0.0943. The van der Waals surface area contributed by atoms with Crippen LogP contribution in [0.5, 0.6) is 0 Å². The van der Waals surface area contributed by atoms with Gasteiger partial charge in [-0.25, -0.2) is 17.6 Å². The standard InChI is InChI=1S/C28H24F4/c1-2-3-4-18-5-9-20(10-6-18)26-25(30)17-23(27(31)28(26)32)12-8-19-7-11-22-16-24(29)14-13-21(22)15-19/h2,7,11,13-18,20H,1,3-6,9-10H2. The van der Waals surface area contributed by atoms with E-state index in [4.69, 9.17) is 0 Å². The summed E-state index contributed by atoms with van der Waals surface area (Å²) in [5.74, 6) is 2.23. The molecular weight excluding hydrogens is 412 g/mol. The Bertz CT molecular complexity index is 1210. The third-order valence-electron chi connectivity index (χ3n) is 6.37. The molecular formula is C28H24F4. The summed E-state index contributed by atoms with van der Waals surface area (Å²) in [6.45, 7) is 3.73. The number of hydrogen-bond donors (Lipinski definition) is 0. The molecule has 0 aromatic heterocycles. The molecule has 0 bridgehead atoms. The molecule has 1 fully saturated rings. The molecule has 0 spiro atoms. The van der Waals surface area contributed by atoms with Gasteiger partial charge >= 0.3 is 0 Å². The molecule has 0 heterocycles. The molecule has 1 aliphatic rings. The van der Waals surface area contributed by atoms with Gasteiger partial charge in [-0.3, -0.25) is 0 Å². The number of rotatable bonds is 4. The summed E-state index contributed by atoms with van der Waals surface area (Å²) in [5, 5.41) is 1.48. The zero-order valence-corrected chi connectivity index (χ0v) is 17.7. The van der Waals surface area contributed by atoms with Gasteiger partial charge < -0.3 is 0 Å². The van der Waals surface area contributed by atoms with Crippen molar-refractivity contribution in [3.63, 3.8) is 0 Å². The lowest BCUT2D eigenvalue weighted by atomic mass is 9.76. The first kappa shape index (κ1) is 22.1. The summed E-state index contributed by atoms with van der Waals surface area (Å²) in [6.07, 6.45) is 6.93. The zero-order chi connectivity index (χ0) is 22.7. The van der Waals surface area contributed by atoms with Crippen LogP contribution in [0.2, 0.25) is 0 Å². The molecule has 0 unspecified atom stereocenters. The van der Waals surface area contributed by atoms with Crippen molar-refractivity contribution >= 4 is 10.8 Å². The Morgan fingerprint density at radius 1 is 0.844 bits per heavy atom. The van der Waals surface area contributed by atoms with Crippen molar-refractivity contribution in [3.05, 3.63) is 95.1 Å². The minimum absolute atomic E-state index is 0.150.